The molecule has 0 atom stereocenters. The number of primary amides is 1. The fourth-order valence-electron chi connectivity index (χ4n) is 3.54. The topological polar surface area (TPSA) is 71.7 Å². The van der Waals surface area contributed by atoms with Crippen LogP contribution in [0.3, 0.4) is 0 Å². The highest BCUT2D eigenvalue weighted by Crippen LogP contribution is 2.31. The second kappa shape index (κ2) is 8.58. The molecule has 0 aliphatic carbocycles. The number of anilines is 1. The Labute approximate surface area is 168 Å². The van der Waals surface area contributed by atoms with E-state index in [0.717, 1.165) is 39.1 Å². The average Bonchev–Trinajstić information content (AvgIpc) is 3.21. The fraction of sp³-hybridized carbons (Fsp3) is 0.333. The molecule has 28 heavy (non-hydrogen) atoms. The highest BCUT2D eigenvalue weighted by atomic mass is 32.1. The maximum atomic E-state index is 11.0. The lowest BCUT2D eigenvalue weighted by Gasteiger charge is -2.36. The van der Waals surface area contributed by atoms with Crippen LogP contribution in [0.2, 0.25) is 0 Å². The number of pyridine rings is 1. The SMILES string of the molecule is NC(=O)c1ccc(OCCCN2CCN(c3cccc4sccc34)CC2)nc1. The Bertz CT molecular complexity index is 933. The number of hydrogen-bond donors (Lipinski definition) is 1. The third kappa shape index (κ3) is 4.26. The molecule has 1 fully saturated rings. The van der Waals surface area contributed by atoms with Gasteiger partial charge in [0, 0.05) is 60.8 Å². The molecular weight excluding hydrogens is 372 g/mol. The van der Waals surface area contributed by atoms with Crippen molar-refractivity contribution in [3.63, 3.8) is 0 Å². The van der Waals surface area contributed by atoms with Crippen molar-refractivity contribution in [3.8, 4) is 5.88 Å². The number of nitrogens with two attached hydrogens (primary N) is 1. The predicted octanol–water partition coefficient (Wildman–Crippen LogP) is 2.99. The van der Waals surface area contributed by atoms with E-state index in [4.69, 9.17) is 10.5 Å². The number of fused-ring (bicyclic) bond motifs is 1. The van der Waals surface area contributed by atoms with Gasteiger partial charge in [0.15, 0.2) is 0 Å². The normalized spacial score (nSPS) is 15.1. The number of rotatable bonds is 7. The molecule has 4 rings (SSSR count). The van der Waals surface area contributed by atoms with Crippen LogP contribution in [0, 0.1) is 0 Å². The Morgan fingerprint density at radius 3 is 2.75 bits per heavy atom. The summed E-state index contributed by atoms with van der Waals surface area (Å²) in [6.07, 6.45) is 2.39. The van der Waals surface area contributed by atoms with E-state index in [2.05, 4.69) is 44.4 Å². The van der Waals surface area contributed by atoms with Crippen molar-refractivity contribution in [1.29, 1.82) is 0 Å². The number of hydrogen-bond acceptors (Lipinski definition) is 6. The first-order chi connectivity index (χ1) is 13.7. The van der Waals surface area contributed by atoms with E-state index in [0.29, 0.717) is 18.1 Å². The van der Waals surface area contributed by atoms with Gasteiger partial charge in [-0.15, -0.1) is 11.3 Å². The Balaban J connectivity index is 1.21. The molecule has 0 radical (unpaired) electrons. The van der Waals surface area contributed by atoms with E-state index >= 15 is 0 Å². The predicted molar refractivity (Wildman–Crippen MR) is 113 cm³/mol. The summed E-state index contributed by atoms with van der Waals surface area (Å²) in [5, 5.41) is 3.53. The van der Waals surface area contributed by atoms with Crippen LogP contribution < -0.4 is 15.4 Å². The highest BCUT2D eigenvalue weighted by Gasteiger charge is 2.18. The van der Waals surface area contributed by atoms with Gasteiger partial charge in [-0.25, -0.2) is 4.98 Å². The Hall–Kier alpha value is -2.64. The summed E-state index contributed by atoms with van der Waals surface area (Å²) in [7, 11) is 0. The van der Waals surface area contributed by atoms with Gasteiger partial charge in [0.1, 0.15) is 0 Å². The molecule has 7 heteroatoms. The van der Waals surface area contributed by atoms with Crippen LogP contribution in [0.4, 0.5) is 5.69 Å². The smallest absolute Gasteiger partial charge is 0.250 e. The summed E-state index contributed by atoms with van der Waals surface area (Å²) < 4.78 is 7.02. The second-order valence-electron chi connectivity index (χ2n) is 6.89. The van der Waals surface area contributed by atoms with Gasteiger partial charge in [0.2, 0.25) is 11.8 Å². The zero-order valence-corrected chi connectivity index (χ0v) is 16.5. The summed E-state index contributed by atoms with van der Waals surface area (Å²) in [6, 6.07) is 12.1. The molecule has 0 spiro atoms. The minimum Gasteiger partial charge on any atom is -0.478 e. The van der Waals surface area contributed by atoms with Crippen LogP contribution >= 0.6 is 11.3 Å². The summed E-state index contributed by atoms with van der Waals surface area (Å²) in [5.74, 6) is 0.0482. The van der Waals surface area contributed by atoms with Crippen molar-refractivity contribution in [2.24, 2.45) is 5.73 Å². The fourth-order valence-corrected chi connectivity index (χ4v) is 4.35. The maximum absolute atomic E-state index is 11.0. The van der Waals surface area contributed by atoms with Crippen molar-refractivity contribution < 1.29 is 9.53 Å². The van der Waals surface area contributed by atoms with Gasteiger partial charge in [-0.2, -0.15) is 0 Å². The van der Waals surface area contributed by atoms with E-state index in [1.807, 2.05) is 0 Å². The van der Waals surface area contributed by atoms with Crippen LogP contribution in [-0.4, -0.2) is 55.1 Å². The molecule has 1 aliphatic rings. The van der Waals surface area contributed by atoms with E-state index in [9.17, 15) is 4.79 Å². The number of aromatic nitrogens is 1. The Morgan fingerprint density at radius 2 is 2.00 bits per heavy atom. The van der Waals surface area contributed by atoms with Crippen LogP contribution in [0.25, 0.3) is 10.1 Å². The van der Waals surface area contributed by atoms with E-state index in [1.165, 1.54) is 22.0 Å². The van der Waals surface area contributed by atoms with Crippen LogP contribution in [0.1, 0.15) is 16.8 Å². The standard InChI is InChI=1S/C21H24N4O2S/c22-21(26)16-5-6-20(23-15-16)27-13-2-8-24-9-11-25(12-10-24)18-3-1-4-19-17(18)7-14-28-19/h1,3-7,14-15H,2,8-13H2,(H2,22,26). The molecule has 0 unspecified atom stereocenters. The first kappa shape index (κ1) is 18.7. The molecule has 0 bridgehead atoms. The molecule has 6 nitrogen and oxygen atoms in total. The Kier molecular flexibility index (Phi) is 5.73. The third-order valence-corrected chi connectivity index (χ3v) is 5.96. The van der Waals surface area contributed by atoms with E-state index < -0.39 is 5.91 Å². The summed E-state index contributed by atoms with van der Waals surface area (Å²) >= 11 is 1.80. The molecule has 1 aliphatic heterocycles. The molecule has 2 N–H and O–H groups in total. The zero-order valence-electron chi connectivity index (χ0n) is 15.7. The number of ether oxygens (including phenoxy) is 1. The van der Waals surface area contributed by atoms with Crippen LogP contribution in [0.5, 0.6) is 5.88 Å². The highest BCUT2D eigenvalue weighted by molar-refractivity contribution is 7.17. The first-order valence-electron chi connectivity index (χ1n) is 9.53. The lowest BCUT2D eigenvalue weighted by atomic mass is 10.2. The molecule has 2 aromatic heterocycles. The van der Waals surface area contributed by atoms with E-state index in [1.54, 1.807) is 23.5 Å². The van der Waals surface area contributed by atoms with E-state index in [-0.39, 0.29) is 0 Å². The summed E-state index contributed by atoms with van der Waals surface area (Å²) in [6.45, 7) is 5.84. The molecule has 1 aromatic carbocycles. The third-order valence-electron chi connectivity index (χ3n) is 5.08. The number of nitrogens with zero attached hydrogens (tertiary/aromatic N) is 3. The molecule has 3 heterocycles. The number of amides is 1. The summed E-state index contributed by atoms with van der Waals surface area (Å²) in [4.78, 5) is 20.1. The lowest BCUT2D eigenvalue weighted by Crippen LogP contribution is -2.46. The molecule has 3 aromatic rings. The van der Waals surface area contributed by atoms with Crippen molar-refractivity contribution in [1.82, 2.24) is 9.88 Å². The molecule has 146 valence electrons. The lowest BCUT2D eigenvalue weighted by molar-refractivity contribution is 0.1000. The number of carbonyl (C=O) groups excluding carboxylic acids is 1. The van der Waals surface area contributed by atoms with Crippen molar-refractivity contribution in [2.45, 2.75) is 6.42 Å². The van der Waals surface area contributed by atoms with Gasteiger partial charge in [0.05, 0.1) is 12.2 Å². The zero-order chi connectivity index (χ0) is 19.3. The molecule has 1 saturated heterocycles. The van der Waals surface area contributed by atoms with Gasteiger partial charge in [-0.1, -0.05) is 6.07 Å². The number of thiophene rings is 1. The first-order valence-corrected chi connectivity index (χ1v) is 10.4. The van der Waals surface area contributed by atoms with Gasteiger partial charge in [0.25, 0.3) is 0 Å². The average molecular weight is 397 g/mol. The second-order valence-corrected chi connectivity index (χ2v) is 7.84. The monoisotopic (exact) mass is 396 g/mol. The number of piperazine rings is 1. The molecular formula is C21H24N4O2S. The number of benzene rings is 1. The van der Waals surface area contributed by atoms with Gasteiger partial charge in [-0.3, -0.25) is 9.69 Å². The minimum atomic E-state index is -0.478. The van der Waals surface area contributed by atoms with Gasteiger partial charge >= 0.3 is 0 Å². The Morgan fingerprint density at radius 1 is 1.14 bits per heavy atom. The van der Waals surface area contributed by atoms with Gasteiger partial charge < -0.3 is 15.4 Å². The largest absolute Gasteiger partial charge is 0.478 e. The van der Waals surface area contributed by atoms with Crippen molar-refractivity contribution >= 4 is 33.0 Å². The minimum absolute atomic E-state index is 0.392. The quantitative estimate of drug-likeness (QED) is 0.622. The van der Waals surface area contributed by atoms with Crippen LogP contribution in [0.15, 0.2) is 48.0 Å². The van der Waals surface area contributed by atoms with Crippen molar-refractivity contribution in [2.75, 3.05) is 44.2 Å². The van der Waals surface area contributed by atoms with Crippen LogP contribution in [-0.2, 0) is 0 Å². The molecule has 0 saturated carbocycles. The number of carbonyl (C=O) groups is 1. The van der Waals surface area contributed by atoms with Gasteiger partial charge in [-0.05, 0) is 36.1 Å². The molecule has 1 amide bonds. The van der Waals surface area contributed by atoms with Crippen molar-refractivity contribution in [3.05, 3.63) is 53.5 Å². The summed E-state index contributed by atoms with van der Waals surface area (Å²) in [5.41, 5.74) is 6.95. The maximum Gasteiger partial charge on any atom is 0.250 e.